The van der Waals surface area contributed by atoms with Crippen LogP contribution in [0.5, 0.6) is 5.75 Å². The van der Waals surface area contributed by atoms with Crippen molar-refractivity contribution in [3.05, 3.63) is 101 Å². The molecule has 1 atom stereocenters. The van der Waals surface area contributed by atoms with Crippen LogP contribution in [0, 0.1) is 12.8 Å². The molecule has 44 heavy (non-hydrogen) atoms. The highest BCUT2D eigenvalue weighted by Crippen LogP contribution is 2.39. The highest BCUT2D eigenvalue weighted by atomic mass is 16.5. The summed E-state index contributed by atoms with van der Waals surface area (Å²) >= 11 is 0. The van der Waals surface area contributed by atoms with Gasteiger partial charge in [-0.3, -0.25) is 10.1 Å². The van der Waals surface area contributed by atoms with Gasteiger partial charge in [0, 0.05) is 29.2 Å². The number of amides is 2. The number of ketones is 1. The third-order valence-corrected chi connectivity index (χ3v) is 8.38. The zero-order valence-corrected chi connectivity index (χ0v) is 26.3. The number of benzene rings is 3. The molecule has 1 aliphatic heterocycles. The Balaban J connectivity index is 1.41. The second kappa shape index (κ2) is 13.5. The van der Waals surface area contributed by atoms with Crippen molar-refractivity contribution in [1.82, 2.24) is 15.1 Å². The van der Waals surface area contributed by atoms with E-state index < -0.39 is 0 Å². The summed E-state index contributed by atoms with van der Waals surface area (Å²) in [5.41, 5.74) is 5.02. The normalized spacial score (nSPS) is 14.6. The van der Waals surface area contributed by atoms with Gasteiger partial charge in [-0.1, -0.05) is 56.7 Å². The van der Waals surface area contributed by atoms with Crippen LogP contribution in [0.3, 0.4) is 0 Å². The lowest BCUT2D eigenvalue weighted by Crippen LogP contribution is -2.32. The lowest BCUT2D eigenvalue weighted by molar-refractivity contribution is 0.0959. The van der Waals surface area contributed by atoms with Crippen molar-refractivity contribution in [2.45, 2.75) is 58.3 Å². The molecule has 0 saturated carbocycles. The van der Waals surface area contributed by atoms with Crippen molar-refractivity contribution in [1.29, 1.82) is 0 Å². The van der Waals surface area contributed by atoms with Crippen LogP contribution in [0.15, 0.2) is 78.9 Å². The van der Waals surface area contributed by atoms with E-state index >= 15 is 0 Å². The number of carbonyl (C=O) groups is 2. The molecule has 5 rings (SSSR count). The smallest absolute Gasteiger partial charge is 0.324 e. The number of anilines is 2. The molecule has 3 aromatic carbocycles. The summed E-state index contributed by atoms with van der Waals surface area (Å²) in [4.78, 5) is 27.1. The molecule has 8 heteroatoms. The molecule has 0 spiro atoms. The van der Waals surface area contributed by atoms with Crippen molar-refractivity contribution >= 4 is 23.3 Å². The number of para-hydroxylation sites is 1. The number of rotatable bonds is 9. The fraction of sp³-hybridized carbons (Fsp3) is 0.361. The number of methoxy groups -OCH3 is 1. The van der Waals surface area contributed by atoms with Gasteiger partial charge in [-0.05, 0) is 92.7 Å². The maximum atomic E-state index is 13.6. The summed E-state index contributed by atoms with van der Waals surface area (Å²) < 4.78 is 7.05. The number of hydrogen-bond donors (Lipinski definition) is 3. The molecule has 1 aromatic heterocycles. The van der Waals surface area contributed by atoms with Crippen molar-refractivity contribution in [2.75, 3.05) is 30.8 Å². The number of aromatic nitrogens is 2. The molecule has 1 fully saturated rings. The Bertz CT molecular complexity index is 1580. The molecule has 0 bridgehead atoms. The van der Waals surface area contributed by atoms with Crippen molar-refractivity contribution in [3.63, 3.8) is 0 Å². The quantitative estimate of drug-likeness (QED) is 0.175. The van der Waals surface area contributed by atoms with Crippen LogP contribution in [-0.2, 0) is 5.41 Å². The van der Waals surface area contributed by atoms with Crippen molar-refractivity contribution in [3.8, 4) is 11.4 Å². The lowest BCUT2D eigenvalue weighted by Gasteiger charge is -2.32. The summed E-state index contributed by atoms with van der Waals surface area (Å²) in [7, 11) is 1.61. The van der Waals surface area contributed by atoms with Gasteiger partial charge in [0.2, 0.25) is 0 Å². The summed E-state index contributed by atoms with van der Waals surface area (Å²) in [6.07, 6.45) is 2.28. The average molecular weight is 594 g/mol. The fourth-order valence-corrected chi connectivity index (χ4v) is 5.80. The van der Waals surface area contributed by atoms with Crippen LogP contribution in [-0.4, -0.2) is 41.8 Å². The van der Waals surface area contributed by atoms with Gasteiger partial charge in [0.15, 0.2) is 5.78 Å². The van der Waals surface area contributed by atoms with Crippen LogP contribution in [0.25, 0.3) is 5.69 Å². The van der Waals surface area contributed by atoms with Crippen LogP contribution in [0.2, 0.25) is 0 Å². The van der Waals surface area contributed by atoms with Crippen LogP contribution < -0.4 is 20.7 Å². The zero-order valence-electron chi connectivity index (χ0n) is 26.3. The topological polar surface area (TPSA) is 97.3 Å². The molecule has 0 aliphatic carbocycles. The lowest BCUT2D eigenvalue weighted by atomic mass is 9.76. The monoisotopic (exact) mass is 593 g/mol. The van der Waals surface area contributed by atoms with E-state index in [1.807, 2.05) is 85.8 Å². The Morgan fingerprint density at radius 1 is 0.977 bits per heavy atom. The standard InChI is InChI=1S/C36H43N5O3/c1-24-10-14-27(15-11-24)41-34(23-33(40-41)36(2,3)4)39-35(43)38-31-9-7-6-8-29(31)30(25-18-20-37-21-19-25)22-32(42)26-12-16-28(44-5)17-13-26/h6-17,23,25,30,37H,18-22H2,1-5H3,(H2,38,39,43). The number of urea groups is 1. The number of carbonyl (C=O) groups excluding carboxylic acids is 2. The van der Waals surface area contributed by atoms with Gasteiger partial charge in [-0.25, -0.2) is 9.48 Å². The Morgan fingerprint density at radius 3 is 2.32 bits per heavy atom. The molecular formula is C36H43N5O3. The molecule has 4 aromatic rings. The van der Waals surface area contributed by atoms with Crippen LogP contribution in [0.1, 0.15) is 73.1 Å². The molecule has 230 valence electrons. The van der Waals surface area contributed by atoms with E-state index in [0.29, 0.717) is 29.4 Å². The minimum absolute atomic E-state index is 0.0474. The second-order valence-corrected chi connectivity index (χ2v) is 12.6. The van der Waals surface area contributed by atoms with E-state index in [9.17, 15) is 9.59 Å². The largest absolute Gasteiger partial charge is 0.497 e. The first-order valence-corrected chi connectivity index (χ1v) is 15.3. The molecule has 8 nitrogen and oxygen atoms in total. The molecule has 1 unspecified atom stereocenters. The zero-order chi connectivity index (χ0) is 31.3. The first-order valence-electron chi connectivity index (χ1n) is 15.3. The first-order chi connectivity index (χ1) is 21.1. The first kappa shape index (κ1) is 31.0. The predicted octanol–water partition coefficient (Wildman–Crippen LogP) is 7.49. The number of ether oxygens (including phenoxy) is 1. The van der Waals surface area contributed by atoms with Gasteiger partial charge in [-0.2, -0.15) is 5.10 Å². The molecule has 1 saturated heterocycles. The van der Waals surface area contributed by atoms with E-state index in [1.165, 1.54) is 0 Å². The Hall–Kier alpha value is -4.43. The number of Topliss-reactive ketones (excluding diaryl/α,β-unsaturated/α-hetero) is 1. The van der Waals surface area contributed by atoms with Gasteiger partial charge in [0.25, 0.3) is 0 Å². The third kappa shape index (κ3) is 7.37. The summed E-state index contributed by atoms with van der Waals surface area (Å²) in [6, 6.07) is 24.7. The average Bonchev–Trinajstić information content (AvgIpc) is 3.45. The maximum Gasteiger partial charge on any atom is 0.324 e. The van der Waals surface area contributed by atoms with Gasteiger partial charge in [0.1, 0.15) is 11.6 Å². The maximum absolute atomic E-state index is 13.6. The van der Waals surface area contributed by atoms with Crippen molar-refractivity contribution < 1.29 is 14.3 Å². The molecule has 0 radical (unpaired) electrons. The van der Waals surface area contributed by atoms with E-state index in [1.54, 1.807) is 11.8 Å². The van der Waals surface area contributed by atoms with Crippen LogP contribution >= 0.6 is 0 Å². The molecule has 2 heterocycles. The molecule has 2 amide bonds. The van der Waals surface area contributed by atoms with E-state index in [4.69, 9.17) is 9.84 Å². The summed E-state index contributed by atoms with van der Waals surface area (Å²) in [5, 5.41) is 14.4. The van der Waals surface area contributed by atoms with Gasteiger partial charge >= 0.3 is 6.03 Å². The Morgan fingerprint density at radius 2 is 1.66 bits per heavy atom. The van der Waals surface area contributed by atoms with E-state index in [2.05, 4.69) is 36.7 Å². The second-order valence-electron chi connectivity index (χ2n) is 12.6. The van der Waals surface area contributed by atoms with E-state index in [-0.39, 0.29) is 23.1 Å². The predicted molar refractivity (Wildman–Crippen MR) is 176 cm³/mol. The fourth-order valence-electron chi connectivity index (χ4n) is 5.80. The summed E-state index contributed by atoms with van der Waals surface area (Å²) in [5.74, 6) is 1.64. The SMILES string of the molecule is COc1ccc(C(=O)CC(c2ccccc2NC(=O)Nc2cc(C(C)(C)C)nn2-c2ccc(C)cc2)C2CCNCC2)cc1. The number of nitrogens with zero attached hydrogens (tertiary/aromatic N) is 2. The Kier molecular flexibility index (Phi) is 9.49. The van der Waals surface area contributed by atoms with Gasteiger partial charge in [0.05, 0.1) is 18.5 Å². The minimum atomic E-state index is -0.364. The van der Waals surface area contributed by atoms with Gasteiger partial charge in [-0.15, -0.1) is 0 Å². The number of hydrogen-bond acceptors (Lipinski definition) is 5. The third-order valence-electron chi connectivity index (χ3n) is 8.38. The van der Waals surface area contributed by atoms with Crippen LogP contribution in [0.4, 0.5) is 16.3 Å². The molecule has 1 aliphatic rings. The highest BCUT2D eigenvalue weighted by molar-refractivity contribution is 6.00. The molecule has 3 N–H and O–H groups in total. The van der Waals surface area contributed by atoms with Crippen molar-refractivity contribution in [2.24, 2.45) is 5.92 Å². The Labute approximate surface area is 260 Å². The summed E-state index contributed by atoms with van der Waals surface area (Å²) in [6.45, 7) is 10.2. The van der Waals surface area contributed by atoms with Gasteiger partial charge < -0.3 is 15.4 Å². The number of piperidine rings is 1. The number of nitrogens with one attached hydrogen (secondary N) is 3. The molecular weight excluding hydrogens is 550 g/mol. The number of aryl methyl sites for hydroxylation is 1. The van der Waals surface area contributed by atoms with E-state index in [0.717, 1.165) is 54.2 Å². The minimum Gasteiger partial charge on any atom is -0.497 e. The highest BCUT2D eigenvalue weighted by Gasteiger charge is 2.30.